The van der Waals surface area contributed by atoms with Crippen molar-refractivity contribution in [2.45, 2.75) is 69.9 Å². The molecule has 1 aliphatic heterocycles. The van der Waals surface area contributed by atoms with E-state index in [1.54, 1.807) is 0 Å². The molecule has 5 nitrogen and oxygen atoms in total. The van der Waals surface area contributed by atoms with E-state index in [4.69, 9.17) is 4.74 Å². The molecule has 2 fully saturated rings. The van der Waals surface area contributed by atoms with E-state index in [0.29, 0.717) is 6.42 Å². The number of nitrogens with zero attached hydrogens (tertiary/aromatic N) is 1. The molecule has 0 unspecified atom stereocenters. The van der Waals surface area contributed by atoms with Crippen LogP contribution in [0.15, 0.2) is 0 Å². The van der Waals surface area contributed by atoms with Crippen molar-refractivity contribution in [3.63, 3.8) is 0 Å². The highest BCUT2D eigenvalue weighted by Crippen LogP contribution is 2.36. The van der Waals surface area contributed by atoms with Gasteiger partial charge in [-0.1, -0.05) is 19.3 Å². The maximum atomic E-state index is 12.1. The number of carbonyl (C=O) groups excluding carboxylic acids is 1. The van der Waals surface area contributed by atoms with E-state index >= 15 is 0 Å². The molecule has 7 heteroatoms. The molecule has 0 spiro atoms. The fraction of sp³-hybridized carbons (Fsp3) is 0.944. The van der Waals surface area contributed by atoms with Crippen molar-refractivity contribution in [3.8, 4) is 0 Å². The highest BCUT2D eigenvalue weighted by molar-refractivity contribution is 5.85. The second-order valence-electron chi connectivity index (χ2n) is 7.80. The summed E-state index contributed by atoms with van der Waals surface area (Å²) in [5.41, 5.74) is 0.0530. The molecule has 1 saturated heterocycles. The molecule has 25 heavy (non-hydrogen) atoms. The van der Waals surface area contributed by atoms with E-state index < -0.39 is 0 Å². The first-order chi connectivity index (χ1) is 11.0. The van der Waals surface area contributed by atoms with Crippen LogP contribution in [0.25, 0.3) is 0 Å². The normalized spacial score (nSPS) is 22.4. The number of hydrogen-bond acceptors (Lipinski definition) is 4. The summed E-state index contributed by atoms with van der Waals surface area (Å²) in [6, 6.07) is 0. The smallest absolute Gasteiger partial charge is 0.220 e. The van der Waals surface area contributed by atoms with Crippen LogP contribution < -0.4 is 10.6 Å². The summed E-state index contributed by atoms with van der Waals surface area (Å²) in [7, 11) is 1.93. The van der Waals surface area contributed by atoms with E-state index in [-0.39, 0.29) is 41.9 Å². The first-order valence-corrected chi connectivity index (χ1v) is 9.28. The molecule has 1 amide bonds. The molecule has 0 atom stereocenters. The van der Waals surface area contributed by atoms with Crippen molar-refractivity contribution in [2.24, 2.45) is 0 Å². The fourth-order valence-corrected chi connectivity index (χ4v) is 4.01. The largest absolute Gasteiger partial charge is 0.373 e. The number of ether oxygens (including phenoxy) is 1. The molecule has 1 heterocycles. The summed E-state index contributed by atoms with van der Waals surface area (Å²) in [5.74, 6) is 0.192. The van der Waals surface area contributed by atoms with Gasteiger partial charge in [-0.15, -0.1) is 24.8 Å². The Morgan fingerprint density at radius 1 is 1.16 bits per heavy atom. The second kappa shape index (κ2) is 11.6. The third kappa shape index (κ3) is 7.59. The van der Waals surface area contributed by atoms with Gasteiger partial charge in [0.2, 0.25) is 5.91 Å². The maximum Gasteiger partial charge on any atom is 0.220 e. The minimum atomic E-state index is -0.0838. The highest BCUT2D eigenvalue weighted by Gasteiger charge is 2.42. The molecule has 1 aliphatic carbocycles. The zero-order valence-electron chi connectivity index (χ0n) is 16.1. The predicted octanol–water partition coefficient (Wildman–Crippen LogP) is 2.76. The molecular formula is C18H37Cl2N3O2. The Morgan fingerprint density at radius 2 is 1.84 bits per heavy atom. The Kier molecular flexibility index (Phi) is 11.6. The minimum Gasteiger partial charge on any atom is -0.373 e. The van der Waals surface area contributed by atoms with Gasteiger partial charge < -0.3 is 15.4 Å². The number of hydrogen-bond donors (Lipinski definition) is 2. The zero-order valence-corrected chi connectivity index (χ0v) is 17.7. The number of halogens is 2. The highest BCUT2D eigenvalue weighted by atomic mass is 35.5. The Balaban J connectivity index is 0.00000288. The quantitative estimate of drug-likeness (QED) is 0.648. The van der Waals surface area contributed by atoms with Crippen LogP contribution in [0.5, 0.6) is 0 Å². The number of morpholine rings is 1. The molecule has 2 rings (SSSR count). The lowest BCUT2D eigenvalue weighted by Gasteiger charge is -2.51. The molecular weight excluding hydrogens is 361 g/mol. The van der Waals surface area contributed by atoms with Gasteiger partial charge in [0.05, 0.1) is 12.2 Å². The van der Waals surface area contributed by atoms with Crippen LogP contribution in [0.4, 0.5) is 0 Å². The third-order valence-corrected chi connectivity index (χ3v) is 5.33. The van der Waals surface area contributed by atoms with Gasteiger partial charge in [0.1, 0.15) is 0 Å². The second-order valence-corrected chi connectivity index (χ2v) is 7.80. The van der Waals surface area contributed by atoms with Gasteiger partial charge in [0.25, 0.3) is 0 Å². The van der Waals surface area contributed by atoms with E-state index in [1.165, 1.54) is 32.1 Å². The van der Waals surface area contributed by atoms with Crippen molar-refractivity contribution >= 4 is 30.7 Å². The Hall–Kier alpha value is -0.0700. The zero-order chi connectivity index (χ0) is 16.8. The molecule has 0 bridgehead atoms. The van der Waals surface area contributed by atoms with Crippen molar-refractivity contribution in [1.82, 2.24) is 15.5 Å². The van der Waals surface area contributed by atoms with Gasteiger partial charge in [-0.3, -0.25) is 9.69 Å². The Morgan fingerprint density at radius 3 is 2.44 bits per heavy atom. The van der Waals surface area contributed by atoms with E-state index in [1.807, 2.05) is 7.05 Å². The maximum absolute atomic E-state index is 12.1. The fourth-order valence-electron chi connectivity index (χ4n) is 4.01. The predicted molar refractivity (Wildman–Crippen MR) is 108 cm³/mol. The Bertz CT molecular complexity index is 389. The first-order valence-electron chi connectivity index (χ1n) is 9.28. The van der Waals surface area contributed by atoms with Gasteiger partial charge in [-0.25, -0.2) is 0 Å². The van der Waals surface area contributed by atoms with E-state index in [0.717, 1.165) is 39.2 Å². The molecule has 1 saturated carbocycles. The van der Waals surface area contributed by atoms with Crippen LogP contribution in [-0.2, 0) is 9.53 Å². The molecule has 2 aliphatic rings. The molecule has 150 valence electrons. The van der Waals surface area contributed by atoms with Gasteiger partial charge in [0, 0.05) is 31.6 Å². The first kappa shape index (κ1) is 24.9. The van der Waals surface area contributed by atoms with Crippen LogP contribution >= 0.6 is 24.8 Å². The van der Waals surface area contributed by atoms with Crippen molar-refractivity contribution in [3.05, 3.63) is 0 Å². The van der Waals surface area contributed by atoms with Crippen LogP contribution in [0, 0.1) is 0 Å². The lowest BCUT2D eigenvalue weighted by molar-refractivity contribution is -0.129. The molecule has 0 aromatic heterocycles. The van der Waals surface area contributed by atoms with E-state index in [2.05, 4.69) is 29.4 Å². The van der Waals surface area contributed by atoms with Crippen molar-refractivity contribution < 1.29 is 9.53 Å². The summed E-state index contributed by atoms with van der Waals surface area (Å²) < 4.78 is 5.89. The molecule has 0 radical (unpaired) electrons. The third-order valence-electron chi connectivity index (χ3n) is 5.33. The number of carbonyl (C=O) groups is 1. The summed E-state index contributed by atoms with van der Waals surface area (Å²) >= 11 is 0. The standard InChI is InChI=1S/C18H35N3O2.2ClH/c1-17(2)15-21(12-13-23-17)18(9-5-4-6-10-18)14-20-16(22)8-7-11-19-3;;/h19H,4-15H2,1-3H3,(H,20,22);2*1H. The van der Waals surface area contributed by atoms with Crippen LogP contribution in [0.1, 0.15) is 58.8 Å². The average Bonchev–Trinajstić information content (AvgIpc) is 2.53. The monoisotopic (exact) mass is 397 g/mol. The Labute approximate surface area is 165 Å². The van der Waals surface area contributed by atoms with Gasteiger partial charge in [-0.05, 0) is 46.7 Å². The number of amides is 1. The molecule has 0 aromatic rings. The SMILES string of the molecule is CNCCCC(=O)NCC1(N2CCOC(C)(C)C2)CCCCC1.Cl.Cl. The van der Waals surface area contributed by atoms with Gasteiger partial charge in [0.15, 0.2) is 0 Å². The number of nitrogens with one attached hydrogen (secondary N) is 2. The van der Waals surface area contributed by atoms with Crippen molar-refractivity contribution in [2.75, 3.05) is 39.8 Å². The van der Waals surface area contributed by atoms with Crippen molar-refractivity contribution in [1.29, 1.82) is 0 Å². The average molecular weight is 398 g/mol. The van der Waals surface area contributed by atoms with E-state index in [9.17, 15) is 4.79 Å². The van der Waals surface area contributed by atoms with Gasteiger partial charge >= 0.3 is 0 Å². The molecule has 2 N–H and O–H groups in total. The summed E-state index contributed by atoms with van der Waals surface area (Å²) in [4.78, 5) is 14.7. The summed E-state index contributed by atoms with van der Waals surface area (Å²) in [6.45, 7) is 8.78. The lowest BCUT2D eigenvalue weighted by atomic mass is 9.79. The molecule has 0 aromatic carbocycles. The van der Waals surface area contributed by atoms with Crippen LogP contribution in [0.2, 0.25) is 0 Å². The number of rotatable bonds is 7. The minimum absolute atomic E-state index is 0. The summed E-state index contributed by atoms with van der Waals surface area (Å²) in [6.07, 6.45) is 7.78. The lowest BCUT2D eigenvalue weighted by Crippen LogP contribution is -2.63. The van der Waals surface area contributed by atoms with Crippen LogP contribution in [-0.4, -0.2) is 61.8 Å². The van der Waals surface area contributed by atoms with Gasteiger partial charge in [-0.2, -0.15) is 0 Å². The topological polar surface area (TPSA) is 53.6 Å². The summed E-state index contributed by atoms with van der Waals surface area (Å²) in [5, 5.41) is 6.32. The van der Waals surface area contributed by atoms with Crippen LogP contribution in [0.3, 0.4) is 0 Å².